The van der Waals surface area contributed by atoms with E-state index < -0.39 is 5.97 Å². The van der Waals surface area contributed by atoms with Crippen LogP contribution in [-0.2, 0) is 4.79 Å². The maximum absolute atomic E-state index is 12.4. The molecule has 1 heterocycles. The minimum absolute atomic E-state index is 0.0643. The number of nitrogens with zero attached hydrogens (tertiary/aromatic N) is 1. The smallest absolute Gasteiger partial charge is 0.306 e. The summed E-state index contributed by atoms with van der Waals surface area (Å²) in [6, 6.07) is 9.04. The number of benzene rings is 1. The first-order valence-corrected chi connectivity index (χ1v) is 7.02. The number of rotatable bonds is 3. The fourth-order valence-electron chi connectivity index (χ4n) is 2.90. The highest BCUT2D eigenvalue weighted by Crippen LogP contribution is 2.26. The Morgan fingerprint density at radius 2 is 2.05 bits per heavy atom. The molecule has 0 bridgehead atoms. The quantitative estimate of drug-likeness (QED) is 0.905. The summed E-state index contributed by atoms with van der Waals surface area (Å²) < 4.78 is 0. The number of carbonyl (C=O) groups excluding carboxylic acids is 1. The van der Waals surface area contributed by atoms with Crippen molar-refractivity contribution in [3.05, 3.63) is 42.1 Å². The minimum Gasteiger partial charge on any atom is -0.481 e. The van der Waals surface area contributed by atoms with Crippen molar-refractivity contribution in [2.75, 3.05) is 0 Å². The van der Waals surface area contributed by atoms with Crippen molar-refractivity contribution >= 4 is 22.8 Å². The van der Waals surface area contributed by atoms with Crippen LogP contribution in [0.15, 0.2) is 36.5 Å². The summed E-state index contributed by atoms with van der Waals surface area (Å²) in [4.78, 5) is 27.6. The highest BCUT2D eigenvalue weighted by molar-refractivity contribution is 6.06. The van der Waals surface area contributed by atoms with Crippen LogP contribution in [0.4, 0.5) is 0 Å². The molecule has 21 heavy (non-hydrogen) atoms. The number of carboxylic acid groups (broad SMARTS) is 1. The predicted octanol–water partition coefficient (Wildman–Crippen LogP) is 2.22. The van der Waals surface area contributed by atoms with Gasteiger partial charge in [-0.15, -0.1) is 0 Å². The van der Waals surface area contributed by atoms with Crippen LogP contribution in [0, 0.1) is 5.92 Å². The molecule has 1 aromatic carbocycles. The van der Waals surface area contributed by atoms with Gasteiger partial charge in [-0.2, -0.15) is 0 Å². The first-order chi connectivity index (χ1) is 10.1. The van der Waals surface area contributed by atoms with Crippen LogP contribution < -0.4 is 5.32 Å². The largest absolute Gasteiger partial charge is 0.481 e. The van der Waals surface area contributed by atoms with Gasteiger partial charge in [0.05, 0.1) is 11.4 Å². The summed E-state index contributed by atoms with van der Waals surface area (Å²) >= 11 is 0. The zero-order valence-corrected chi connectivity index (χ0v) is 11.5. The lowest BCUT2D eigenvalue weighted by molar-refractivity contribution is -0.141. The van der Waals surface area contributed by atoms with Gasteiger partial charge in [0, 0.05) is 23.2 Å². The summed E-state index contributed by atoms with van der Waals surface area (Å²) in [6.07, 6.45) is 3.53. The fourth-order valence-corrected chi connectivity index (χ4v) is 2.90. The van der Waals surface area contributed by atoms with Gasteiger partial charge in [0.2, 0.25) is 0 Å². The standard InChI is InChI=1S/C16H16N2O3/c19-15(18-11-7-6-10(9-11)16(20)21)13-3-1-5-14-12(13)4-2-8-17-14/h1-5,8,10-11H,6-7,9H2,(H,18,19)(H,20,21)/t10-,11+/m1/s1. The Bertz CT molecular complexity index is 693. The van der Waals surface area contributed by atoms with Crippen LogP contribution in [0.25, 0.3) is 10.9 Å². The Hall–Kier alpha value is -2.43. The first-order valence-electron chi connectivity index (χ1n) is 7.02. The number of carboxylic acids is 1. The molecule has 0 radical (unpaired) electrons. The molecule has 2 atom stereocenters. The lowest BCUT2D eigenvalue weighted by Crippen LogP contribution is -2.33. The van der Waals surface area contributed by atoms with Crippen molar-refractivity contribution in [3.63, 3.8) is 0 Å². The molecule has 1 aliphatic rings. The van der Waals surface area contributed by atoms with E-state index in [2.05, 4.69) is 10.3 Å². The van der Waals surface area contributed by atoms with Gasteiger partial charge in [0.1, 0.15) is 0 Å². The molecule has 0 spiro atoms. The summed E-state index contributed by atoms with van der Waals surface area (Å²) in [5, 5.41) is 12.8. The molecule has 1 amide bonds. The summed E-state index contributed by atoms with van der Waals surface area (Å²) in [7, 11) is 0. The van der Waals surface area contributed by atoms with E-state index >= 15 is 0 Å². The molecule has 5 nitrogen and oxygen atoms in total. The van der Waals surface area contributed by atoms with Gasteiger partial charge in [-0.05, 0) is 37.5 Å². The number of nitrogens with one attached hydrogen (secondary N) is 1. The molecule has 0 aliphatic heterocycles. The van der Waals surface area contributed by atoms with Gasteiger partial charge in [0.15, 0.2) is 0 Å². The molecular weight excluding hydrogens is 268 g/mol. The number of carbonyl (C=O) groups is 2. The van der Waals surface area contributed by atoms with Crippen molar-refractivity contribution in [1.82, 2.24) is 10.3 Å². The van der Waals surface area contributed by atoms with Crippen LogP contribution >= 0.6 is 0 Å². The number of aliphatic carboxylic acids is 1. The van der Waals surface area contributed by atoms with E-state index in [0.717, 1.165) is 10.9 Å². The Balaban J connectivity index is 1.78. The Labute approximate surface area is 122 Å². The number of aromatic nitrogens is 1. The van der Waals surface area contributed by atoms with Crippen LogP contribution in [0.1, 0.15) is 29.6 Å². The van der Waals surface area contributed by atoms with Gasteiger partial charge < -0.3 is 10.4 Å². The third-order valence-electron chi connectivity index (χ3n) is 4.01. The number of fused-ring (bicyclic) bond motifs is 1. The van der Waals surface area contributed by atoms with Gasteiger partial charge in [-0.25, -0.2) is 0 Å². The number of hydrogen-bond acceptors (Lipinski definition) is 3. The molecule has 2 N–H and O–H groups in total. The lowest BCUT2D eigenvalue weighted by Gasteiger charge is -2.13. The third kappa shape index (κ3) is 2.72. The second kappa shape index (κ2) is 5.52. The molecule has 5 heteroatoms. The van der Waals surface area contributed by atoms with Gasteiger partial charge >= 0.3 is 5.97 Å². The van der Waals surface area contributed by atoms with Gasteiger partial charge in [0.25, 0.3) is 5.91 Å². The topological polar surface area (TPSA) is 79.3 Å². The summed E-state index contributed by atoms with van der Waals surface area (Å²) in [6.45, 7) is 0. The molecule has 3 rings (SSSR count). The lowest BCUT2D eigenvalue weighted by atomic mass is 10.1. The first kappa shape index (κ1) is 13.5. The highest BCUT2D eigenvalue weighted by atomic mass is 16.4. The van der Waals surface area contributed by atoms with Gasteiger partial charge in [-0.1, -0.05) is 12.1 Å². The van der Waals surface area contributed by atoms with Crippen LogP contribution in [0.5, 0.6) is 0 Å². The van der Waals surface area contributed by atoms with Crippen LogP contribution in [0.2, 0.25) is 0 Å². The molecule has 0 unspecified atom stereocenters. The highest BCUT2D eigenvalue weighted by Gasteiger charge is 2.30. The van der Waals surface area contributed by atoms with Crippen LogP contribution in [-0.4, -0.2) is 28.0 Å². The summed E-state index contributed by atoms with van der Waals surface area (Å²) in [5.74, 6) is -1.28. The van der Waals surface area contributed by atoms with E-state index in [4.69, 9.17) is 5.11 Å². The number of hydrogen-bond donors (Lipinski definition) is 2. The fraction of sp³-hybridized carbons (Fsp3) is 0.312. The van der Waals surface area contributed by atoms with Crippen molar-refractivity contribution in [2.24, 2.45) is 5.92 Å². The number of amides is 1. The van der Waals surface area contributed by atoms with Crippen molar-refractivity contribution in [2.45, 2.75) is 25.3 Å². The zero-order valence-electron chi connectivity index (χ0n) is 11.5. The third-order valence-corrected chi connectivity index (χ3v) is 4.01. The van der Waals surface area contributed by atoms with E-state index in [1.54, 1.807) is 24.4 Å². The van der Waals surface area contributed by atoms with E-state index in [9.17, 15) is 9.59 Å². The van der Waals surface area contributed by atoms with Crippen LogP contribution in [0.3, 0.4) is 0 Å². The maximum atomic E-state index is 12.4. The SMILES string of the molecule is O=C(N[C@H]1CC[C@@H](C(=O)O)C1)c1cccc2ncccc12. The molecular formula is C16H16N2O3. The second-order valence-electron chi connectivity index (χ2n) is 5.39. The molecule has 2 aromatic rings. The predicted molar refractivity (Wildman–Crippen MR) is 78.0 cm³/mol. The monoisotopic (exact) mass is 284 g/mol. The van der Waals surface area contributed by atoms with E-state index in [1.165, 1.54) is 0 Å². The molecule has 0 saturated heterocycles. The average Bonchev–Trinajstić information content (AvgIpc) is 2.95. The average molecular weight is 284 g/mol. The number of pyridine rings is 1. The Morgan fingerprint density at radius 1 is 1.19 bits per heavy atom. The van der Waals surface area contributed by atoms with Crippen molar-refractivity contribution < 1.29 is 14.7 Å². The van der Waals surface area contributed by atoms with Crippen molar-refractivity contribution in [3.8, 4) is 0 Å². The maximum Gasteiger partial charge on any atom is 0.306 e. The molecule has 1 aromatic heterocycles. The zero-order chi connectivity index (χ0) is 14.8. The van der Waals surface area contributed by atoms with E-state index in [-0.39, 0.29) is 17.9 Å². The molecule has 108 valence electrons. The minimum atomic E-state index is -0.777. The molecule has 1 fully saturated rings. The second-order valence-corrected chi connectivity index (χ2v) is 5.39. The molecule has 1 saturated carbocycles. The van der Waals surface area contributed by atoms with E-state index in [1.807, 2.05) is 12.1 Å². The normalized spacial score (nSPS) is 21.3. The Morgan fingerprint density at radius 3 is 2.81 bits per heavy atom. The van der Waals surface area contributed by atoms with Crippen molar-refractivity contribution in [1.29, 1.82) is 0 Å². The van der Waals surface area contributed by atoms with Gasteiger partial charge in [-0.3, -0.25) is 14.6 Å². The van der Waals surface area contributed by atoms with E-state index in [0.29, 0.717) is 24.8 Å². The Kier molecular flexibility index (Phi) is 3.56. The molecule has 1 aliphatic carbocycles. The summed E-state index contributed by atoms with van der Waals surface area (Å²) in [5.41, 5.74) is 1.36.